The van der Waals surface area contributed by atoms with Crippen LogP contribution in [0, 0.1) is 0 Å². The molecule has 0 spiro atoms. The Hall–Kier alpha value is -2.15. The Labute approximate surface area is 189 Å². The summed E-state index contributed by atoms with van der Waals surface area (Å²) in [6.07, 6.45) is 5.20. The molecule has 2 aliphatic rings. The van der Waals surface area contributed by atoms with Crippen LogP contribution < -0.4 is 5.56 Å². The highest BCUT2D eigenvalue weighted by atomic mass is 35.5. The molecule has 5 nitrogen and oxygen atoms in total. The molecule has 0 radical (unpaired) electrons. The average Bonchev–Trinajstić information content (AvgIpc) is 3.45. The summed E-state index contributed by atoms with van der Waals surface area (Å²) in [7, 11) is 0. The van der Waals surface area contributed by atoms with Crippen LogP contribution in [0.3, 0.4) is 0 Å². The number of ether oxygens (including phenoxy) is 1. The number of fused-ring (bicyclic) bond motifs is 2. The summed E-state index contributed by atoms with van der Waals surface area (Å²) in [4.78, 5) is 30.8. The van der Waals surface area contributed by atoms with Crippen LogP contribution in [0.2, 0.25) is 5.02 Å². The number of thioether (sulfide) groups is 1. The summed E-state index contributed by atoms with van der Waals surface area (Å²) in [6.45, 7) is 1.16. The van der Waals surface area contributed by atoms with E-state index in [1.54, 1.807) is 22.8 Å². The summed E-state index contributed by atoms with van der Waals surface area (Å²) >= 11 is 7.43. The molecule has 5 rings (SSSR count). The smallest absolute Gasteiger partial charge is 0.262 e. The van der Waals surface area contributed by atoms with Gasteiger partial charge < -0.3 is 4.74 Å². The lowest BCUT2D eigenvalue weighted by Crippen LogP contribution is -2.29. The number of hydrogen-bond acceptors (Lipinski definition) is 5. The number of Topliss-reactive ketones (excluding diaryl/α,β-unsaturated/α-hetero) is 1. The van der Waals surface area contributed by atoms with Crippen molar-refractivity contribution in [2.45, 2.75) is 49.9 Å². The third-order valence-corrected chi connectivity index (χ3v) is 7.26. The van der Waals surface area contributed by atoms with Gasteiger partial charge in [0, 0.05) is 17.2 Å². The molecule has 0 amide bonds. The lowest BCUT2D eigenvalue weighted by Gasteiger charge is -2.16. The summed E-state index contributed by atoms with van der Waals surface area (Å²) in [5, 5.41) is 1.59. The van der Waals surface area contributed by atoms with Crippen LogP contribution in [0.4, 0.5) is 0 Å². The molecule has 1 atom stereocenters. The topological polar surface area (TPSA) is 61.2 Å². The van der Waals surface area contributed by atoms with Gasteiger partial charge in [-0.25, -0.2) is 4.98 Å². The van der Waals surface area contributed by atoms with Crippen LogP contribution in [0.15, 0.2) is 46.3 Å². The number of rotatable bonds is 6. The van der Waals surface area contributed by atoms with Crippen molar-refractivity contribution in [2.75, 3.05) is 12.4 Å². The molecule has 7 heteroatoms. The summed E-state index contributed by atoms with van der Waals surface area (Å²) in [5.74, 6) is 0.270. The first-order valence-electron chi connectivity index (χ1n) is 10.7. The highest BCUT2D eigenvalue weighted by Crippen LogP contribution is 2.26. The Balaban J connectivity index is 1.44. The van der Waals surface area contributed by atoms with Crippen LogP contribution in [0.1, 0.15) is 40.7 Å². The van der Waals surface area contributed by atoms with Crippen LogP contribution in [-0.2, 0) is 24.1 Å². The fourth-order valence-corrected chi connectivity index (χ4v) is 5.47. The van der Waals surface area contributed by atoms with Gasteiger partial charge in [-0.3, -0.25) is 14.2 Å². The summed E-state index contributed by atoms with van der Waals surface area (Å²) in [5.41, 5.74) is 3.79. The Morgan fingerprint density at radius 3 is 2.87 bits per heavy atom. The normalized spacial score (nSPS) is 17.9. The Morgan fingerprint density at radius 2 is 2.03 bits per heavy atom. The maximum atomic E-state index is 13.2. The minimum Gasteiger partial charge on any atom is -0.376 e. The lowest BCUT2D eigenvalue weighted by atomic mass is 10.0. The molecular weight excluding hydrogens is 432 g/mol. The molecule has 1 aliphatic carbocycles. The van der Waals surface area contributed by atoms with Crippen LogP contribution in [0.25, 0.3) is 10.9 Å². The number of aryl methyl sites for hydroxylation is 2. The van der Waals surface area contributed by atoms with Gasteiger partial charge in [-0.05, 0) is 67.5 Å². The first kappa shape index (κ1) is 20.7. The number of hydrogen-bond donors (Lipinski definition) is 0. The van der Waals surface area contributed by atoms with E-state index in [9.17, 15) is 9.59 Å². The van der Waals surface area contributed by atoms with Gasteiger partial charge in [-0.1, -0.05) is 35.5 Å². The van der Waals surface area contributed by atoms with E-state index in [2.05, 4.69) is 6.07 Å². The van der Waals surface area contributed by atoms with Crippen molar-refractivity contribution in [3.63, 3.8) is 0 Å². The number of nitrogens with zero attached hydrogens (tertiary/aromatic N) is 2. The zero-order chi connectivity index (χ0) is 21.4. The molecule has 0 N–H and O–H groups in total. The predicted molar refractivity (Wildman–Crippen MR) is 124 cm³/mol. The predicted octanol–water partition coefficient (Wildman–Crippen LogP) is 4.69. The van der Waals surface area contributed by atoms with Crippen LogP contribution in [-0.4, -0.2) is 33.8 Å². The number of ketones is 1. The minimum absolute atomic E-state index is 0.00369. The molecule has 1 fully saturated rings. The summed E-state index contributed by atoms with van der Waals surface area (Å²) in [6, 6.07) is 11.1. The van der Waals surface area contributed by atoms with Crippen molar-refractivity contribution in [1.29, 1.82) is 0 Å². The first-order valence-corrected chi connectivity index (χ1v) is 12.0. The number of carbonyl (C=O) groups excluding carboxylic acids is 1. The standard InChI is InChI=1S/C24H23ClN2O3S/c25-18-8-9-20-21(12-18)26-24(27(23(20)29)13-19-5-2-10-30-19)31-14-22(28)17-7-6-15-3-1-4-16(15)11-17/h6-9,11-12,19H,1-5,10,13-14H2. The van der Waals surface area contributed by atoms with E-state index < -0.39 is 0 Å². The fourth-order valence-electron chi connectivity index (χ4n) is 4.40. The second-order valence-electron chi connectivity index (χ2n) is 8.16. The molecule has 1 unspecified atom stereocenters. The Morgan fingerprint density at radius 1 is 1.16 bits per heavy atom. The second kappa shape index (κ2) is 8.77. The van der Waals surface area contributed by atoms with Crippen molar-refractivity contribution in [3.05, 3.63) is 68.5 Å². The van der Waals surface area contributed by atoms with Crippen LogP contribution >= 0.6 is 23.4 Å². The van der Waals surface area contributed by atoms with Gasteiger partial charge in [-0.2, -0.15) is 0 Å². The first-order chi connectivity index (χ1) is 15.1. The largest absolute Gasteiger partial charge is 0.376 e. The van der Waals surface area contributed by atoms with Crippen molar-refractivity contribution >= 4 is 40.0 Å². The molecule has 160 valence electrons. The Kier molecular flexibility index (Phi) is 5.87. The van der Waals surface area contributed by atoms with E-state index in [-0.39, 0.29) is 23.2 Å². The summed E-state index contributed by atoms with van der Waals surface area (Å²) < 4.78 is 7.41. The lowest BCUT2D eigenvalue weighted by molar-refractivity contribution is 0.0937. The molecule has 3 aromatic rings. The molecule has 1 aromatic heterocycles. The molecule has 2 aromatic carbocycles. The number of aromatic nitrogens is 2. The fraction of sp³-hybridized carbons (Fsp3) is 0.375. The van der Waals surface area contributed by atoms with Gasteiger partial charge in [0.1, 0.15) is 0 Å². The quantitative estimate of drug-likeness (QED) is 0.307. The molecule has 0 saturated carbocycles. The number of halogens is 1. The van der Waals surface area contributed by atoms with Gasteiger partial charge in [0.15, 0.2) is 10.9 Å². The zero-order valence-electron chi connectivity index (χ0n) is 17.1. The third kappa shape index (κ3) is 4.29. The van der Waals surface area contributed by atoms with Crippen molar-refractivity contribution < 1.29 is 9.53 Å². The van der Waals surface area contributed by atoms with Crippen molar-refractivity contribution in [3.8, 4) is 0 Å². The maximum absolute atomic E-state index is 13.2. The van der Waals surface area contributed by atoms with Gasteiger partial charge in [-0.15, -0.1) is 0 Å². The van der Waals surface area contributed by atoms with E-state index >= 15 is 0 Å². The monoisotopic (exact) mass is 454 g/mol. The van der Waals surface area contributed by atoms with E-state index in [0.29, 0.717) is 27.6 Å². The van der Waals surface area contributed by atoms with Gasteiger partial charge in [0.05, 0.1) is 29.3 Å². The van der Waals surface area contributed by atoms with Gasteiger partial charge >= 0.3 is 0 Å². The van der Waals surface area contributed by atoms with E-state index in [1.807, 2.05) is 12.1 Å². The SMILES string of the molecule is O=C(CSc1nc2cc(Cl)ccc2c(=O)n1CC1CCCO1)c1ccc2c(c1)CCC2. The highest BCUT2D eigenvalue weighted by Gasteiger charge is 2.21. The van der Waals surface area contributed by atoms with Crippen LogP contribution in [0.5, 0.6) is 0 Å². The second-order valence-corrected chi connectivity index (χ2v) is 9.53. The number of benzene rings is 2. The number of carbonyl (C=O) groups is 1. The molecule has 1 saturated heterocycles. The van der Waals surface area contributed by atoms with Crippen molar-refractivity contribution in [2.24, 2.45) is 0 Å². The molecule has 2 heterocycles. The molecule has 1 aliphatic heterocycles. The average molecular weight is 455 g/mol. The van der Waals surface area contributed by atoms with E-state index in [4.69, 9.17) is 21.3 Å². The van der Waals surface area contributed by atoms with E-state index in [1.165, 1.54) is 22.9 Å². The highest BCUT2D eigenvalue weighted by molar-refractivity contribution is 7.99. The molecular formula is C24H23ClN2O3S. The molecule has 0 bridgehead atoms. The minimum atomic E-state index is -0.121. The Bertz CT molecular complexity index is 1220. The molecule has 31 heavy (non-hydrogen) atoms. The van der Waals surface area contributed by atoms with Gasteiger partial charge in [0.25, 0.3) is 5.56 Å². The van der Waals surface area contributed by atoms with Gasteiger partial charge in [0.2, 0.25) is 0 Å². The van der Waals surface area contributed by atoms with Crippen molar-refractivity contribution in [1.82, 2.24) is 9.55 Å². The maximum Gasteiger partial charge on any atom is 0.262 e. The van der Waals surface area contributed by atoms with E-state index in [0.717, 1.165) is 44.3 Å². The third-order valence-electron chi connectivity index (χ3n) is 6.05. The zero-order valence-corrected chi connectivity index (χ0v) is 18.7.